The molecule has 1 saturated heterocycles. The van der Waals surface area contributed by atoms with Gasteiger partial charge in [-0.05, 0) is 31.0 Å². The van der Waals surface area contributed by atoms with Crippen molar-refractivity contribution in [3.05, 3.63) is 36.0 Å². The van der Waals surface area contributed by atoms with Crippen LogP contribution in [0.3, 0.4) is 0 Å². The number of pyridine rings is 1. The monoisotopic (exact) mass is 324 g/mol. The maximum absolute atomic E-state index is 12.4. The van der Waals surface area contributed by atoms with E-state index < -0.39 is 11.9 Å². The summed E-state index contributed by atoms with van der Waals surface area (Å²) in [6.45, 7) is 0.392. The largest absolute Gasteiger partial charge is 0.508 e. The summed E-state index contributed by atoms with van der Waals surface area (Å²) in [6.07, 6.45) is 2.95. The van der Waals surface area contributed by atoms with E-state index in [9.17, 15) is 14.7 Å². The van der Waals surface area contributed by atoms with E-state index in [2.05, 4.69) is 16.4 Å². The van der Waals surface area contributed by atoms with Gasteiger partial charge in [-0.3, -0.25) is 14.6 Å². The maximum atomic E-state index is 12.4. The number of rotatable bonds is 3. The molecule has 2 N–H and O–H groups in total. The number of nitrogens with one attached hydrogen (secondary N) is 1. The third-order valence-corrected chi connectivity index (χ3v) is 4.09. The first kappa shape index (κ1) is 15.7. The molecular weight excluding hydrogens is 308 g/mol. The number of carbonyl (C=O) groups is 2. The van der Waals surface area contributed by atoms with Gasteiger partial charge in [0.1, 0.15) is 11.8 Å². The van der Waals surface area contributed by atoms with Gasteiger partial charge in [-0.2, -0.15) is 5.26 Å². The molecule has 7 heteroatoms. The zero-order chi connectivity index (χ0) is 17.1. The van der Waals surface area contributed by atoms with Crippen molar-refractivity contribution >= 4 is 22.7 Å². The average molecular weight is 324 g/mol. The average Bonchev–Trinajstić information content (AvgIpc) is 3.07. The number of nitriles is 1. The van der Waals surface area contributed by atoms with Crippen LogP contribution in [0.2, 0.25) is 0 Å². The van der Waals surface area contributed by atoms with Crippen LogP contribution in [0.5, 0.6) is 5.75 Å². The summed E-state index contributed by atoms with van der Waals surface area (Å²) in [4.78, 5) is 30.2. The minimum Gasteiger partial charge on any atom is -0.508 e. The summed E-state index contributed by atoms with van der Waals surface area (Å²) >= 11 is 0. The lowest BCUT2D eigenvalue weighted by molar-refractivity contribution is -0.130. The molecule has 0 radical (unpaired) electrons. The molecule has 2 aromatic rings. The van der Waals surface area contributed by atoms with Crippen molar-refractivity contribution < 1.29 is 14.7 Å². The van der Waals surface area contributed by atoms with Gasteiger partial charge in [0.25, 0.3) is 5.91 Å². The predicted octanol–water partition coefficient (Wildman–Crippen LogP) is 1.18. The van der Waals surface area contributed by atoms with Crippen LogP contribution in [0, 0.1) is 11.3 Å². The minimum atomic E-state index is -0.404. The van der Waals surface area contributed by atoms with Gasteiger partial charge in [-0.15, -0.1) is 0 Å². The molecule has 24 heavy (non-hydrogen) atoms. The number of aromatic hydroxyl groups is 1. The molecule has 0 bridgehead atoms. The quantitative estimate of drug-likeness (QED) is 0.882. The first-order chi connectivity index (χ1) is 11.6. The molecule has 1 fully saturated rings. The van der Waals surface area contributed by atoms with Gasteiger partial charge in [-0.25, -0.2) is 0 Å². The van der Waals surface area contributed by atoms with E-state index >= 15 is 0 Å². The molecule has 1 aromatic heterocycles. The van der Waals surface area contributed by atoms with Crippen molar-refractivity contribution in [1.29, 1.82) is 5.26 Å². The van der Waals surface area contributed by atoms with Crippen molar-refractivity contribution in [2.75, 3.05) is 13.1 Å². The molecule has 1 aromatic carbocycles. The zero-order valence-electron chi connectivity index (χ0n) is 12.9. The number of hydrogen-bond acceptors (Lipinski definition) is 5. The molecule has 0 spiro atoms. The van der Waals surface area contributed by atoms with Crippen LogP contribution >= 0.6 is 0 Å². The number of carbonyl (C=O) groups excluding carboxylic acids is 2. The van der Waals surface area contributed by atoms with Crippen molar-refractivity contribution in [3.8, 4) is 11.8 Å². The Bertz CT molecular complexity index is 843. The fourth-order valence-electron chi connectivity index (χ4n) is 2.89. The van der Waals surface area contributed by atoms with E-state index in [-0.39, 0.29) is 18.2 Å². The van der Waals surface area contributed by atoms with Crippen molar-refractivity contribution in [3.63, 3.8) is 0 Å². The molecule has 0 unspecified atom stereocenters. The standard InChI is InChI=1S/C17H16N4O3/c18-9-11-2-1-7-21(11)16(23)10-20-17(24)14-5-6-19-15-8-12(22)3-4-13(14)15/h3-6,8,11,22H,1-2,7,10H2,(H,20,24)/t11-/m0/s1. The van der Waals surface area contributed by atoms with E-state index in [1.807, 2.05) is 0 Å². The Kier molecular flexibility index (Phi) is 4.29. The molecule has 2 amide bonds. The van der Waals surface area contributed by atoms with E-state index in [0.717, 1.165) is 6.42 Å². The fraction of sp³-hybridized carbons (Fsp3) is 0.294. The van der Waals surface area contributed by atoms with Crippen LogP contribution in [0.1, 0.15) is 23.2 Å². The van der Waals surface area contributed by atoms with E-state index in [1.54, 1.807) is 12.1 Å². The number of fused-ring (bicyclic) bond motifs is 1. The summed E-state index contributed by atoms with van der Waals surface area (Å²) < 4.78 is 0. The normalized spacial score (nSPS) is 16.8. The van der Waals surface area contributed by atoms with Gasteiger partial charge in [0, 0.05) is 24.2 Å². The van der Waals surface area contributed by atoms with Crippen LogP contribution in [0.25, 0.3) is 10.9 Å². The summed E-state index contributed by atoms with van der Waals surface area (Å²) in [5.74, 6) is -0.586. The Hall–Kier alpha value is -3.14. The maximum Gasteiger partial charge on any atom is 0.252 e. The molecule has 2 heterocycles. The third kappa shape index (κ3) is 2.99. The topological polar surface area (TPSA) is 106 Å². The Morgan fingerprint density at radius 1 is 1.42 bits per heavy atom. The van der Waals surface area contributed by atoms with Gasteiger partial charge < -0.3 is 15.3 Å². The van der Waals surface area contributed by atoms with Crippen LogP contribution < -0.4 is 5.32 Å². The second-order valence-electron chi connectivity index (χ2n) is 5.62. The van der Waals surface area contributed by atoms with Crippen molar-refractivity contribution in [2.24, 2.45) is 0 Å². The highest BCUT2D eigenvalue weighted by Crippen LogP contribution is 2.21. The molecule has 0 saturated carbocycles. The van der Waals surface area contributed by atoms with Crippen LogP contribution in [0.4, 0.5) is 0 Å². The molecule has 1 atom stereocenters. The smallest absolute Gasteiger partial charge is 0.252 e. The minimum absolute atomic E-state index is 0.0688. The summed E-state index contributed by atoms with van der Waals surface area (Å²) in [5.41, 5.74) is 0.879. The van der Waals surface area contributed by atoms with Gasteiger partial charge in [0.2, 0.25) is 5.91 Å². The highest BCUT2D eigenvalue weighted by molar-refractivity contribution is 6.07. The molecular formula is C17H16N4O3. The Morgan fingerprint density at radius 3 is 3.04 bits per heavy atom. The molecule has 7 nitrogen and oxygen atoms in total. The molecule has 122 valence electrons. The van der Waals surface area contributed by atoms with Gasteiger partial charge in [0.05, 0.1) is 23.7 Å². The van der Waals surface area contributed by atoms with Crippen molar-refractivity contribution in [2.45, 2.75) is 18.9 Å². The number of amides is 2. The zero-order valence-corrected chi connectivity index (χ0v) is 12.9. The predicted molar refractivity (Wildman–Crippen MR) is 86.1 cm³/mol. The Morgan fingerprint density at radius 2 is 2.25 bits per heavy atom. The summed E-state index contributed by atoms with van der Waals surface area (Å²) in [5, 5.41) is 21.7. The third-order valence-electron chi connectivity index (χ3n) is 4.09. The molecule has 1 aliphatic rings. The van der Waals surface area contributed by atoms with Gasteiger partial charge in [-0.1, -0.05) is 0 Å². The lowest BCUT2D eigenvalue weighted by atomic mass is 10.1. The number of likely N-dealkylation sites (tertiary alicyclic amines) is 1. The van der Waals surface area contributed by atoms with E-state index in [4.69, 9.17) is 5.26 Å². The van der Waals surface area contributed by atoms with Crippen LogP contribution in [-0.4, -0.2) is 45.9 Å². The number of aromatic nitrogens is 1. The SMILES string of the molecule is N#C[C@@H]1CCCN1C(=O)CNC(=O)c1ccnc2cc(O)ccc12. The fourth-order valence-corrected chi connectivity index (χ4v) is 2.89. The first-order valence-corrected chi connectivity index (χ1v) is 7.65. The first-order valence-electron chi connectivity index (χ1n) is 7.65. The number of hydrogen-bond donors (Lipinski definition) is 2. The number of phenolic OH excluding ortho intramolecular Hbond substituents is 1. The van der Waals surface area contributed by atoms with Gasteiger partial charge >= 0.3 is 0 Å². The molecule has 1 aliphatic heterocycles. The Labute approximate surface area is 138 Å². The summed E-state index contributed by atoms with van der Waals surface area (Å²) in [7, 11) is 0. The van der Waals surface area contributed by atoms with Gasteiger partial charge in [0.15, 0.2) is 0 Å². The second-order valence-corrected chi connectivity index (χ2v) is 5.62. The highest BCUT2D eigenvalue weighted by atomic mass is 16.3. The molecule has 0 aliphatic carbocycles. The summed E-state index contributed by atoms with van der Waals surface area (Å²) in [6, 6.07) is 7.83. The van der Waals surface area contributed by atoms with Crippen LogP contribution in [-0.2, 0) is 4.79 Å². The van der Waals surface area contributed by atoms with E-state index in [0.29, 0.717) is 29.4 Å². The lowest BCUT2D eigenvalue weighted by Gasteiger charge is -2.19. The highest BCUT2D eigenvalue weighted by Gasteiger charge is 2.28. The van der Waals surface area contributed by atoms with E-state index in [1.165, 1.54) is 23.2 Å². The lowest BCUT2D eigenvalue weighted by Crippen LogP contribution is -2.42. The number of nitrogens with zero attached hydrogens (tertiary/aromatic N) is 3. The Balaban J connectivity index is 1.72. The van der Waals surface area contributed by atoms with Crippen LogP contribution in [0.15, 0.2) is 30.5 Å². The number of phenols is 1. The molecule has 3 rings (SSSR count). The number of benzene rings is 1. The second kappa shape index (κ2) is 6.54. The van der Waals surface area contributed by atoms with Crippen molar-refractivity contribution in [1.82, 2.24) is 15.2 Å².